The average Bonchev–Trinajstić information content (AvgIpc) is 2.76. The summed E-state index contributed by atoms with van der Waals surface area (Å²) in [7, 11) is 1.96. The van der Waals surface area contributed by atoms with E-state index < -0.39 is 0 Å². The van der Waals surface area contributed by atoms with Crippen molar-refractivity contribution in [2.24, 2.45) is 5.92 Å². The second-order valence-electron chi connectivity index (χ2n) is 5.43. The van der Waals surface area contributed by atoms with Gasteiger partial charge in [0, 0.05) is 25.1 Å². The number of hydrogen-bond acceptors (Lipinski definition) is 4. The Labute approximate surface area is 136 Å². The van der Waals surface area contributed by atoms with Gasteiger partial charge in [-0.1, -0.05) is 5.16 Å². The first-order valence-corrected chi connectivity index (χ1v) is 7.52. The van der Waals surface area contributed by atoms with E-state index in [1.165, 1.54) is 6.42 Å². The standard InChI is InChI=1S/C14H22ClN3O2.ClH/c1-10-12(14(15)20-17-10)5-6-13(19)18-7-3-4-11(9-18)8-16-2;/h11,16H,3-9H2,1-2H3;1H. The van der Waals surface area contributed by atoms with E-state index in [2.05, 4.69) is 10.5 Å². The highest BCUT2D eigenvalue weighted by Crippen LogP contribution is 2.22. The van der Waals surface area contributed by atoms with Gasteiger partial charge in [0.1, 0.15) is 0 Å². The van der Waals surface area contributed by atoms with Crippen molar-refractivity contribution in [3.8, 4) is 0 Å². The number of halogens is 2. The first kappa shape index (κ1) is 18.3. The van der Waals surface area contributed by atoms with E-state index in [1.807, 2.05) is 18.9 Å². The van der Waals surface area contributed by atoms with Gasteiger partial charge in [-0.15, -0.1) is 12.4 Å². The molecule has 0 radical (unpaired) electrons. The van der Waals surface area contributed by atoms with E-state index in [0.717, 1.165) is 37.3 Å². The summed E-state index contributed by atoms with van der Waals surface area (Å²) in [5.41, 5.74) is 1.62. The van der Waals surface area contributed by atoms with Gasteiger partial charge in [-0.25, -0.2) is 0 Å². The average molecular weight is 336 g/mol. The maximum atomic E-state index is 12.3. The fourth-order valence-corrected chi connectivity index (χ4v) is 3.04. The third-order valence-electron chi connectivity index (χ3n) is 3.89. The Morgan fingerprint density at radius 3 is 2.95 bits per heavy atom. The van der Waals surface area contributed by atoms with Crippen LogP contribution in [0.1, 0.15) is 30.5 Å². The van der Waals surface area contributed by atoms with Crippen molar-refractivity contribution >= 4 is 29.9 Å². The first-order chi connectivity index (χ1) is 9.61. The van der Waals surface area contributed by atoms with E-state index >= 15 is 0 Å². The maximum absolute atomic E-state index is 12.3. The number of nitrogens with one attached hydrogen (secondary N) is 1. The number of aryl methyl sites for hydroxylation is 1. The molecule has 2 heterocycles. The number of carbonyl (C=O) groups is 1. The third kappa shape index (κ3) is 4.87. The number of aromatic nitrogens is 1. The van der Waals surface area contributed by atoms with E-state index in [-0.39, 0.29) is 18.3 Å². The summed E-state index contributed by atoms with van der Waals surface area (Å²) in [6.07, 6.45) is 3.35. The molecule has 7 heteroatoms. The molecule has 120 valence electrons. The quantitative estimate of drug-likeness (QED) is 0.897. The minimum atomic E-state index is 0. The van der Waals surface area contributed by atoms with Crippen LogP contribution in [0.4, 0.5) is 0 Å². The van der Waals surface area contributed by atoms with Crippen molar-refractivity contribution in [2.75, 3.05) is 26.7 Å². The molecule has 0 spiro atoms. The number of hydrogen-bond donors (Lipinski definition) is 1. The first-order valence-electron chi connectivity index (χ1n) is 7.14. The highest BCUT2D eigenvalue weighted by Gasteiger charge is 2.23. The van der Waals surface area contributed by atoms with Gasteiger partial charge in [0.2, 0.25) is 11.1 Å². The molecule has 1 N–H and O–H groups in total. The molecule has 1 aromatic heterocycles. The summed E-state index contributed by atoms with van der Waals surface area (Å²) >= 11 is 5.92. The zero-order valence-electron chi connectivity index (χ0n) is 12.5. The lowest BCUT2D eigenvalue weighted by molar-refractivity contribution is -0.132. The monoisotopic (exact) mass is 335 g/mol. The van der Waals surface area contributed by atoms with E-state index in [4.69, 9.17) is 16.1 Å². The fourth-order valence-electron chi connectivity index (χ4n) is 2.78. The van der Waals surface area contributed by atoms with Crippen molar-refractivity contribution in [1.82, 2.24) is 15.4 Å². The summed E-state index contributed by atoms with van der Waals surface area (Å²) < 4.78 is 4.90. The predicted molar refractivity (Wildman–Crippen MR) is 85.0 cm³/mol. The van der Waals surface area contributed by atoms with Crippen LogP contribution in [0.3, 0.4) is 0 Å². The molecule has 0 aromatic carbocycles. The summed E-state index contributed by atoms with van der Waals surface area (Å²) in [6, 6.07) is 0. The summed E-state index contributed by atoms with van der Waals surface area (Å²) in [4.78, 5) is 14.3. The largest absolute Gasteiger partial charge is 0.344 e. The van der Waals surface area contributed by atoms with Crippen LogP contribution in [0.5, 0.6) is 0 Å². The topological polar surface area (TPSA) is 58.4 Å². The molecule has 1 aliphatic heterocycles. The molecule has 1 fully saturated rings. The SMILES string of the molecule is CNCC1CCCN(C(=O)CCc2c(C)noc2Cl)C1.Cl. The van der Waals surface area contributed by atoms with E-state index in [1.54, 1.807) is 0 Å². The Hall–Kier alpha value is -0.780. The number of likely N-dealkylation sites (tertiary alicyclic amines) is 1. The zero-order valence-corrected chi connectivity index (χ0v) is 14.1. The van der Waals surface area contributed by atoms with Crippen LogP contribution in [0, 0.1) is 12.8 Å². The van der Waals surface area contributed by atoms with E-state index in [0.29, 0.717) is 24.0 Å². The van der Waals surface area contributed by atoms with Gasteiger partial charge in [0.15, 0.2) is 0 Å². The van der Waals surface area contributed by atoms with Gasteiger partial charge in [-0.3, -0.25) is 4.79 Å². The highest BCUT2D eigenvalue weighted by molar-refractivity contribution is 6.29. The molecule has 1 saturated heterocycles. The van der Waals surface area contributed by atoms with Crippen LogP contribution in [-0.4, -0.2) is 42.6 Å². The normalized spacial score (nSPS) is 18.4. The van der Waals surface area contributed by atoms with Crippen LogP contribution in [0.25, 0.3) is 0 Å². The van der Waals surface area contributed by atoms with Crippen LogP contribution in [0.15, 0.2) is 4.52 Å². The number of carbonyl (C=O) groups excluding carboxylic acids is 1. The second kappa shape index (κ2) is 8.61. The Balaban J connectivity index is 0.00000220. The van der Waals surface area contributed by atoms with Gasteiger partial charge < -0.3 is 14.7 Å². The van der Waals surface area contributed by atoms with E-state index in [9.17, 15) is 4.79 Å². The Kier molecular flexibility index (Phi) is 7.49. The maximum Gasteiger partial charge on any atom is 0.229 e. The molecule has 1 aliphatic rings. The number of amides is 1. The Bertz CT molecular complexity index is 444. The molecular formula is C14H23Cl2N3O2. The van der Waals surface area contributed by atoms with Gasteiger partial charge in [-0.2, -0.15) is 0 Å². The summed E-state index contributed by atoms with van der Waals surface area (Å²) in [5, 5.41) is 7.30. The molecule has 0 aliphatic carbocycles. The summed E-state index contributed by atoms with van der Waals surface area (Å²) in [6.45, 7) is 4.55. The lowest BCUT2D eigenvalue weighted by Crippen LogP contribution is -2.42. The zero-order chi connectivity index (χ0) is 14.5. The van der Waals surface area contributed by atoms with Crippen molar-refractivity contribution < 1.29 is 9.32 Å². The van der Waals surface area contributed by atoms with Crippen molar-refractivity contribution in [3.05, 3.63) is 16.5 Å². The molecule has 0 bridgehead atoms. The van der Waals surface area contributed by atoms with Crippen LogP contribution < -0.4 is 5.32 Å². The number of rotatable bonds is 5. The molecule has 1 amide bonds. The fraction of sp³-hybridized carbons (Fsp3) is 0.714. The lowest BCUT2D eigenvalue weighted by Gasteiger charge is -2.32. The minimum absolute atomic E-state index is 0. The Morgan fingerprint density at radius 1 is 1.57 bits per heavy atom. The molecule has 1 aromatic rings. The minimum Gasteiger partial charge on any atom is -0.344 e. The molecule has 5 nitrogen and oxygen atoms in total. The van der Waals surface area contributed by atoms with Crippen LogP contribution >= 0.6 is 24.0 Å². The molecule has 0 saturated carbocycles. The van der Waals surface area contributed by atoms with Gasteiger partial charge in [0.05, 0.1) is 5.69 Å². The second-order valence-corrected chi connectivity index (χ2v) is 5.77. The number of nitrogens with zero attached hydrogens (tertiary/aromatic N) is 2. The van der Waals surface area contributed by atoms with Crippen LogP contribution in [-0.2, 0) is 11.2 Å². The van der Waals surface area contributed by atoms with Crippen molar-refractivity contribution in [2.45, 2.75) is 32.6 Å². The molecule has 1 atom stereocenters. The molecule has 2 rings (SSSR count). The van der Waals surface area contributed by atoms with Crippen molar-refractivity contribution in [1.29, 1.82) is 0 Å². The molecule has 1 unspecified atom stereocenters. The van der Waals surface area contributed by atoms with Crippen LogP contribution in [0.2, 0.25) is 5.22 Å². The summed E-state index contributed by atoms with van der Waals surface area (Å²) in [5.74, 6) is 0.765. The number of piperidine rings is 1. The predicted octanol–water partition coefficient (Wildman–Crippen LogP) is 2.45. The lowest BCUT2D eigenvalue weighted by atomic mass is 9.97. The third-order valence-corrected chi connectivity index (χ3v) is 4.19. The van der Waals surface area contributed by atoms with Gasteiger partial charge in [-0.05, 0) is 57.3 Å². The molecule has 21 heavy (non-hydrogen) atoms. The highest BCUT2D eigenvalue weighted by atomic mass is 35.5. The van der Waals surface area contributed by atoms with Crippen molar-refractivity contribution in [3.63, 3.8) is 0 Å². The smallest absolute Gasteiger partial charge is 0.229 e. The van der Waals surface area contributed by atoms with Gasteiger partial charge in [0.25, 0.3) is 0 Å². The Morgan fingerprint density at radius 2 is 2.33 bits per heavy atom. The van der Waals surface area contributed by atoms with Gasteiger partial charge >= 0.3 is 0 Å². The molecular weight excluding hydrogens is 313 g/mol.